The molecular formula is C23H29N3O3S. The summed E-state index contributed by atoms with van der Waals surface area (Å²) in [5.74, 6) is 1.36. The van der Waals surface area contributed by atoms with Gasteiger partial charge < -0.3 is 9.15 Å². The molecule has 0 unspecified atom stereocenters. The van der Waals surface area contributed by atoms with E-state index in [9.17, 15) is 4.79 Å². The summed E-state index contributed by atoms with van der Waals surface area (Å²) in [6.45, 7) is 12.9. The summed E-state index contributed by atoms with van der Waals surface area (Å²) in [6.07, 6.45) is 0.884. The third-order valence-electron chi connectivity index (χ3n) is 5.52. The Morgan fingerprint density at radius 2 is 1.93 bits per heavy atom. The van der Waals surface area contributed by atoms with Crippen molar-refractivity contribution in [2.45, 2.75) is 34.1 Å². The molecule has 0 atom stereocenters. The number of hydrogen-bond acceptors (Lipinski definition) is 6. The normalized spacial score (nSPS) is 15.1. The highest BCUT2D eigenvalue weighted by atomic mass is 32.1. The number of hydrogen-bond donors (Lipinski definition) is 0. The molecule has 3 aromatic rings. The monoisotopic (exact) mass is 427 g/mol. The number of thiazole rings is 1. The first-order valence-electron chi connectivity index (χ1n) is 10.5. The van der Waals surface area contributed by atoms with E-state index in [-0.39, 0.29) is 5.91 Å². The molecule has 0 spiro atoms. The fraction of sp³-hybridized carbons (Fsp3) is 0.478. The highest BCUT2D eigenvalue weighted by Crippen LogP contribution is 2.33. The summed E-state index contributed by atoms with van der Waals surface area (Å²) in [6, 6.07) is 6.08. The number of carbonyl (C=O) groups excluding carboxylic acids is 1. The van der Waals surface area contributed by atoms with Crippen LogP contribution in [0.1, 0.15) is 39.4 Å². The van der Waals surface area contributed by atoms with E-state index < -0.39 is 0 Å². The molecule has 1 aliphatic heterocycles. The van der Waals surface area contributed by atoms with E-state index in [0.717, 1.165) is 60.4 Å². The molecule has 1 aromatic carbocycles. The summed E-state index contributed by atoms with van der Waals surface area (Å²) >= 11 is 1.59. The number of amides is 1. The van der Waals surface area contributed by atoms with E-state index in [1.54, 1.807) is 11.3 Å². The Bertz CT molecular complexity index is 1050. The molecule has 160 valence electrons. The van der Waals surface area contributed by atoms with Gasteiger partial charge in [0.25, 0.3) is 5.91 Å². The summed E-state index contributed by atoms with van der Waals surface area (Å²) in [5, 5.41) is 0.754. The average molecular weight is 428 g/mol. The minimum atomic E-state index is -0.0419. The number of ether oxygens (including phenoxy) is 1. The van der Waals surface area contributed by atoms with E-state index in [4.69, 9.17) is 14.1 Å². The standard InChI is InChI=1S/C23H29N3O3S/c1-15-12-16(2)21-20(13-15)24-23(30-21)26(7-5-6-25-8-10-28-11-9-25)22(27)19-14-17(3)29-18(19)4/h12-14H,5-11H2,1-4H3. The number of morpholine rings is 1. The molecule has 0 bridgehead atoms. The van der Waals surface area contributed by atoms with Gasteiger partial charge in [0, 0.05) is 26.2 Å². The van der Waals surface area contributed by atoms with Crippen LogP contribution in [0.2, 0.25) is 0 Å². The van der Waals surface area contributed by atoms with Gasteiger partial charge in [0.05, 0.1) is 29.0 Å². The molecule has 0 aliphatic carbocycles. The molecule has 7 heteroatoms. The van der Waals surface area contributed by atoms with Crippen LogP contribution in [0.15, 0.2) is 22.6 Å². The lowest BCUT2D eigenvalue weighted by atomic mass is 10.1. The second kappa shape index (κ2) is 8.88. The molecule has 1 amide bonds. The fourth-order valence-corrected chi connectivity index (χ4v) is 5.07. The van der Waals surface area contributed by atoms with E-state index >= 15 is 0 Å². The number of furan rings is 1. The Morgan fingerprint density at radius 3 is 2.63 bits per heavy atom. The van der Waals surface area contributed by atoms with Gasteiger partial charge in [-0.3, -0.25) is 14.6 Å². The van der Waals surface area contributed by atoms with Crippen molar-refractivity contribution in [3.63, 3.8) is 0 Å². The number of carbonyl (C=O) groups is 1. The number of nitrogens with zero attached hydrogens (tertiary/aromatic N) is 3. The van der Waals surface area contributed by atoms with Gasteiger partial charge in [0.2, 0.25) is 0 Å². The second-order valence-corrected chi connectivity index (χ2v) is 9.00. The molecule has 1 aliphatic rings. The molecule has 30 heavy (non-hydrogen) atoms. The van der Waals surface area contributed by atoms with Crippen LogP contribution < -0.4 is 4.90 Å². The van der Waals surface area contributed by atoms with Gasteiger partial charge in [-0.15, -0.1) is 0 Å². The average Bonchev–Trinajstić information content (AvgIpc) is 3.28. The Labute approximate surface area is 181 Å². The zero-order valence-corrected chi connectivity index (χ0v) is 19.0. The van der Waals surface area contributed by atoms with Gasteiger partial charge >= 0.3 is 0 Å². The zero-order chi connectivity index (χ0) is 21.3. The van der Waals surface area contributed by atoms with Crippen LogP contribution >= 0.6 is 11.3 Å². The SMILES string of the molecule is Cc1cc(C)c2sc(N(CCCN3CCOCC3)C(=O)c3cc(C)oc3C)nc2c1. The smallest absolute Gasteiger partial charge is 0.263 e. The first kappa shape index (κ1) is 21.0. The number of rotatable bonds is 6. The first-order valence-corrected chi connectivity index (χ1v) is 11.3. The topological polar surface area (TPSA) is 58.8 Å². The number of aromatic nitrogens is 1. The number of fused-ring (bicyclic) bond motifs is 1. The lowest BCUT2D eigenvalue weighted by molar-refractivity contribution is 0.0376. The highest BCUT2D eigenvalue weighted by Gasteiger charge is 2.25. The minimum absolute atomic E-state index is 0.0419. The molecule has 3 heterocycles. The van der Waals surface area contributed by atoms with Crippen LogP contribution in [0.4, 0.5) is 5.13 Å². The highest BCUT2D eigenvalue weighted by molar-refractivity contribution is 7.22. The molecule has 0 N–H and O–H groups in total. The predicted molar refractivity (Wildman–Crippen MR) is 121 cm³/mol. The van der Waals surface area contributed by atoms with E-state index in [0.29, 0.717) is 17.9 Å². The molecule has 2 aromatic heterocycles. The maximum Gasteiger partial charge on any atom is 0.263 e. The zero-order valence-electron chi connectivity index (χ0n) is 18.2. The maximum atomic E-state index is 13.5. The summed E-state index contributed by atoms with van der Waals surface area (Å²) < 4.78 is 12.2. The molecular weight excluding hydrogens is 398 g/mol. The maximum absolute atomic E-state index is 13.5. The summed E-state index contributed by atoms with van der Waals surface area (Å²) in [5.41, 5.74) is 3.96. The van der Waals surface area contributed by atoms with Crippen molar-refractivity contribution in [3.05, 3.63) is 46.4 Å². The quantitative estimate of drug-likeness (QED) is 0.580. The van der Waals surface area contributed by atoms with Crippen LogP contribution in [0, 0.1) is 27.7 Å². The van der Waals surface area contributed by atoms with Crippen molar-refractivity contribution in [2.75, 3.05) is 44.3 Å². The van der Waals surface area contributed by atoms with Gasteiger partial charge in [-0.2, -0.15) is 0 Å². The molecule has 1 saturated heterocycles. The van der Waals surface area contributed by atoms with Crippen LogP contribution in [0.5, 0.6) is 0 Å². The van der Waals surface area contributed by atoms with Gasteiger partial charge in [0.1, 0.15) is 11.5 Å². The predicted octanol–water partition coefficient (Wildman–Crippen LogP) is 4.49. The fourth-order valence-electron chi connectivity index (χ4n) is 4.03. The number of aryl methyl sites for hydroxylation is 4. The molecule has 0 saturated carbocycles. The van der Waals surface area contributed by atoms with Crippen molar-refractivity contribution >= 4 is 32.6 Å². The third kappa shape index (κ3) is 4.43. The van der Waals surface area contributed by atoms with Crippen LogP contribution in [-0.2, 0) is 4.74 Å². The van der Waals surface area contributed by atoms with Crippen molar-refractivity contribution in [2.24, 2.45) is 0 Å². The largest absolute Gasteiger partial charge is 0.466 e. The first-order chi connectivity index (χ1) is 14.4. The molecule has 1 fully saturated rings. The minimum Gasteiger partial charge on any atom is -0.466 e. The van der Waals surface area contributed by atoms with Crippen molar-refractivity contribution in [3.8, 4) is 0 Å². The van der Waals surface area contributed by atoms with E-state index in [1.165, 1.54) is 11.1 Å². The van der Waals surface area contributed by atoms with Gasteiger partial charge in [-0.05, 0) is 57.4 Å². The lowest BCUT2D eigenvalue weighted by Gasteiger charge is -2.27. The van der Waals surface area contributed by atoms with Crippen molar-refractivity contribution in [1.82, 2.24) is 9.88 Å². The molecule has 6 nitrogen and oxygen atoms in total. The van der Waals surface area contributed by atoms with E-state index in [2.05, 4.69) is 30.9 Å². The Morgan fingerprint density at radius 1 is 1.17 bits per heavy atom. The molecule has 0 radical (unpaired) electrons. The van der Waals surface area contributed by atoms with Crippen LogP contribution in [0.3, 0.4) is 0 Å². The van der Waals surface area contributed by atoms with Gasteiger partial charge in [-0.25, -0.2) is 4.98 Å². The Balaban J connectivity index is 1.61. The summed E-state index contributed by atoms with van der Waals surface area (Å²) in [7, 11) is 0. The van der Waals surface area contributed by atoms with Crippen molar-refractivity contribution < 1.29 is 13.9 Å². The second-order valence-electron chi connectivity index (χ2n) is 8.02. The lowest BCUT2D eigenvalue weighted by Crippen LogP contribution is -2.39. The van der Waals surface area contributed by atoms with Gasteiger partial charge in [-0.1, -0.05) is 17.4 Å². The Kier molecular flexibility index (Phi) is 6.22. The third-order valence-corrected chi connectivity index (χ3v) is 6.75. The van der Waals surface area contributed by atoms with Crippen LogP contribution in [0.25, 0.3) is 10.2 Å². The van der Waals surface area contributed by atoms with Crippen molar-refractivity contribution in [1.29, 1.82) is 0 Å². The Hall–Kier alpha value is -2.22. The van der Waals surface area contributed by atoms with Gasteiger partial charge in [0.15, 0.2) is 5.13 Å². The van der Waals surface area contributed by atoms with E-state index in [1.807, 2.05) is 24.8 Å². The number of anilines is 1. The summed E-state index contributed by atoms with van der Waals surface area (Å²) in [4.78, 5) is 22.6. The number of benzene rings is 1. The molecule has 4 rings (SSSR count). The van der Waals surface area contributed by atoms with Crippen LogP contribution in [-0.4, -0.2) is 55.2 Å².